The third-order valence-corrected chi connectivity index (χ3v) is 13.3. The Labute approximate surface area is 160 Å². The maximum Gasteiger partial charge on any atom is 0.0461 e. The van der Waals surface area contributed by atoms with Gasteiger partial charge in [-0.15, -0.1) is 0 Å². The van der Waals surface area contributed by atoms with Crippen LogP contribution in [0.25, 0.3) is 0 Å². The van der Waals surface area contributed by atoms with Crippen LogP contribution >= 0.6 is 0 Å². The SMILES string of the molecule is C1CCCC([SiH](C2CCCCCCC2)C2CCCCCCC2)CCC1. The summed E-state index contributed by atoms with van der Waals surface area (Å²) in [5.74, 6) is 0. The lowest BCUT2D eigenvalue weighted by atomic mass is 9.99. The fourth-order valence-corrected chi connectivity index (χ4v) is 12.8. The minimum Gasteiger partial charge on any atom is -0.0533 e. The summed E-state index contributed by atoms with van der Waals surface area (Å²) in [6.07, 6.45) is 33.2. The van der Waals surface area contributed by atoms with E-state index in [-0.39, 0.29) is 0 Å². The zero-order valence-electron chi connectivity index (χ0n) is 17.2. The monoisotopic (exact) mass is 362 g/mol. The molecule has 3 saturated carbocycles. The average molecular weight is 363 g/mol. The summed E-state index contributed by atoms with van der Waals surface area (Å²) in [6, 6.07) is 0. The fourth-order valence-electron chi connectivity index (χ4n) is 6.77. The molecular formula is C24H46Si. The Balaban J connectivity index is 1.72. The lowest BCUT2D eigenvalue weighted by Crippen LogP contribution is -2.34. The Bertz CT molecular complexity index is 263. The van der Waals surface area contributed by atoms with E-state index >= 15 is 0 Å². The molecule has 3 fully saturated rings. The van der Waals surface area contributed by atoms with Crippen molar-refractivity contribution in [3.63, 3.8) is 0 Å². The Morgan fingerprint density at radius 3 is 0.720 bits per heavy atom. The van der Waals surface area contributed by atoms with Gasteiger partial charge in [0.1, 0.15) is 0 Å². The molecule has 25 heavy (non-hydrogen) atoms. The van der Waals surface area contributed by atoms with Gasteiger partial charge in [0.25, 0.3) is 0 Å². The summed E-state index contributed by atoms with van der Waals surface area (Å²) < 4.78 is 0. The molecule has 3 aliphatic carbocycles. The molecule has 0 aromatic heterocycles. The molecule has 0 amide bonds. The summed E-state index contributed by atoms with van der Waals surface area (Å²) in [5, 5.41) is 0. The maximum atomic E-state index is 1.64. The minimum atomic E-state index is -0.625. The molecule has 1 heteroatoms. The van der Waals surface area contributed by atoms with Crippen molar-refractivity contribution in [1.82, 2.24) is 0 Å². The maximum absolute atomic E-state index is 1.64. The van der Waals surface area contributed by atoms with Gasteiger partial charge in [-0.25, -0.2) is 0 Å². The molecule has 0 radical (unpaired) electrons. The zero-order valence-corrected chi connectivity index (χ0v) is 18.3. The van der Waals surface area contributed by atoms with Gasteiger partial charge in [0.2, 0.25) is 0 Å². The van der Waals surface area contributed by atoms with Gasteiger partial charge in [0.15, 0.2) is 0 Å². The highest BCUT2D eigenvalue weighted by Gasteiger charge is 2.36. The van der Waals surface area contributed by atoms with Crippen molar-refractivity contribution < 1.29 is 0 Å². The number of hydrogen-bond acceptors (Lipinski definition) is 0. The first-order valence-electron chi connectivity index (χ1n) is 12.4. The Morgan fingerprint density at radius 2 is 0.480 bits per heavy atom. The molecular weight excluding hydrogens is 316 g/mol. The third kappa shape index (κ3) is 6.71. The molecule has 3 rings (SSSR count). The molecule has 0 heterocycles. The molecule has 0 aromatic carbocycles. The van der Waals surface area contributed by atoms with Gasteiger partial charge in [0.05, 0.1) is 0 Å². The largest absolute Gasteiger partial charge is 0.0533 e. The van der Waals surface area contributed by atoms with E-state index in [1.165, 1.54) is 35.9 Å². The standard InChI is InChI=1S/C24H46Si/c1-4-10-16-22(17-11-5-1)25(23-18-12-6-2-7-13-19-23)24-20-14-8-3-9-15-21-24/h22-25H,1-21H2. The van der Waals surface area contributed by atoms with Crippen molar-refractivity contribution in [3.05, 3.63) is 0 Å². The summed E-state index contributed by atoms with van der Waals surface area (Å²) in [6.45, 7) is 0. The van der Waals surface area contributed by atoms with Crippen LogP contribution in [0, 0.1) is 0 Å². The smallest absolute Gasteiger partial charge is 0.0461 e. The highest BCUT2D eigenvalue weighted by molar-refractivity contribution is 6.63. The normalized spacial score (nSPS) is 27.7. The second-order valence-electron chi connectivity index (χ2n) is 9.89. The van der Waals surface area contributed by atoms with E-state index in [1.54, 1.807) is 116 Å². The van der Waals surface area contributed by atoms with Crippen molar-refractivity contribution in [2.45, 2.75) is 151 Å². The summed E-state index contributed by atoms with van der Waals surface area (Å²) in [7, 11) is -0.625. The van der Waals surface area contributed by atoms with Gasteiger partial charge >= 0.3 is 0 Å². The second-order valence-corrected chi connectivity index (χ2v) is 13.9. The van der Waals surface area contributed by atoms with Crippen molar-refractivity contribution in [2.24, 2.45) is 0 Å². The topological polar surface area (TPSA) is 0 Å². The van der Waals surface area contributed by atoms with Crippen molar-refractivity contribution in [3.8, 4) is 0 Å². The van der Waals surface area contributed by atoms with Crippen LogP contribution in [0.5, 0.6) is 0 Å². The van der Waals surface area contributed by atoms with Crippen molar-refractivity contribution >= 4 is 8.80 Å². The van der Waals surface area contributed by atoms with Crippen LogP contribution in [-0.2, 0) is 0 Å². The first kappa shape index (κ1) is 20.0. The zero-order chi connectivity index (χ0) is 17.2. The molecule has 0 unspecified atom stereocenters. The minimum absolute atomic E-state index is 0.625. The van der Waals surface area contributed by atoms with Crippen LogP contribution in [-0.4, -0.2) is 8.80 Å². The molecule has 146 valence electrons. The molecule has 0 bridgehead atoms. The van der Waals surface area contributed by atoms with E-state index in [1.807, 2.05) is 0 Å². The molecule has 0 spiro atoms. The third-order valence-electron chi connectivity index (χ3n) is 8.08. The Morgan fingerprint density at radius 1 is 0.280 bits per heavy atom. The second kappa shape index (κ2) is 11.8. The van der Waals surface area contributed by atoms with Gasteiger partial charge in [-0.05, 0) is 16.6 Å². The molecule has 0 saturated heterocycles. The molecule has 0 aromatic rings. The number of hydrogen-bond donors (Lipinski definition) is 0. The van der Waals surface area contributed by atoms with E-state index in [0.717, 1.165) is 0 Å². The quantitative estimate of drug-likeness (QED) is 0.441. The summed E-state index contributed by atoms with van der Waals surface area (Å²) in [5.41, 5.74) is 3.69. The van der Waals surface area contributed by atoms with Crippen LogP contribution in [0.2, 0.25) is 16.6 Å². The molecule has 0 aliphatic heterocycles. The Hall–Kier alpha value is 0.217. The van der Waals surface area contributed by atoms with Crippen LogP contribution in [0.4, 0.5) is 0 Å². The molecule has 0 nitrogen and oxygen atoms in total. The lowest BCUT2D eigenvalue weighted by molar-refractivity contribution is 0.443. The van der Waals surface area contributed by atoms with E-state index < -0.39 is 8.80 Å². The van der Waals surface area contributed by atoms with E-state index in [0.29, 0.717) is 0 Å². The van der Waals surface area contributed by atoms with Gasteiger partial charge in [-0.3, -0.25) is 0 Å². The van der Waals surface area contributed by atoms with Crippen molar-refractivity contribution in [2.75, 3.05) is 0 Å². The highest BCUT2D eigenvalue weighted by atomic mass is 28.3. The lowest BCUT2D eigenvalue weighted by Gasteiger charge is -2.41. The van der Waals surface area contributed by atoms with Gasteiger partial charge in [-0.2, -0.15) is 0 Å². The predicted molar refractivity (Wildman–Crippen MR) is 115 cm³/mol. The molecule has 3 aliphatic rings. The van der Waals surface area contributed by atoms with Crippen LogP contribution < -0.4 is 0 Å². The van der Waals surface area contributed by atoms with Crippen LogP contribution in [0.1, 0.15) is 135 Å². The first-order valence-corrected chi connectivity index (χ1v) is 14.4. The van der Waals surface area contributed by atoms with Crippen LogP contribution in [0.15, 0.2) is 0 Å². The average Bonchev–Trinajstić information content (AvgIpc) is 2.51. The van der Waals surface area contributed by atoms with E-state index in [2.05, 4.69) is 0 Å². The molecule has 0 atom stereocenters. The van der Waals surface area contributed by atoms with E-state index in [9.17, 15) is 0 Å². The van der Waals surface area contributed by atoms with Crippen molar-refractivity contribution in [1.29, 1.82) is 0 Å². The van der Waals surface area contributed by atoms with Gasteiger partial charge in [-0.1, -0.05) is 135 Å². The Kier molecular flexibility index (Phi) is 9.45. The van der Waals surface area contributed by atoms with Gasteiger partial charge in [0, 0.05) is 8.80 Å². The van der Waals surface area contributed by atoms with E-state index in [4.69, 9.17) is 0 Å². The first-order chi connectivity index (χ1) is 12.4. The van der Waals surface area contributed by atoms with Crippen LogP contribution in [0.3, 0.4) is 0 Å². The summed E-state index contributed by atoms with van der Waals surface area (Å²) >= 11 is 0. The predicted octanol–water partition coefficient (Wildman–Crippen LogP) is 8.56. The summed E-state index contributed by atoms with van der Waals surface area (Å²) in [4.78, 5) is 0. The van der Waals surface area contributed by atoms with Gasteiger partial charge < -0.3 is 0 Å². The molecule has 0 N–H and O–H groups in total. The highest BCUT2D eigenvalue weighted by Crippen LogP contribution is 2.47. The fraction of sp³-hybridized carbons (Fsp3) is 1.00. The number of rotatable bonds is 3.